The summed E-state index contributed by atoms with van der Waals surface area (Å²) in [6.07, 6.45) is 3.27. The Morgan fingerprint density at radius 3 is 2.23 bits per heavy atom. The number of benzene rings is 3. The summed E-state index contributed by atoms with van der Waals surface area (Å²) in [6.45, 7) is 4.41. The van der Waals surface area contributed by atoms with Crippen molar-refractivity contribution >= 4 is 5.91 Å². The van der Waals surface area contributed by atoms with Crippen LogP contribution in [-0.2, 0) is 19.4 Å². The molecule has 4 aromatic rings. The first kappa shape index (κ1) is 22.9. The van der Waals surface area contributed by atoms with Crippen LogP contribution in [0.5, 0.6) is 0 Å². The third-order valence-electron chi connectivity index (χ3n) is 6.66. The lowest BCUT2D eigenvalue weighted by Crippen LogP contribution is -2.37. The Morgan fingerprint density at radius 2 is 1.57 bits per heavy atom. The van der Waals surface area contributed by atoms with Crippen molar-refractivity contribution in [2.45, 2.75) is 45.2 Å². The molecule has 0 fully saturated rings. The predicted molar refractivity (Wildman–Crippen MR) is 135 cm³/mol. The second-order valence-electron chi connectivity index (χ2n) is 9.36. The van der Waals surface area contributed by atoms with E-state index in [0.717, 1.165) is 18.4 Å². The average Bonchev–Trinajstić information content (AvgIpc) is 3.32. The lowest BCUT2D eigenvalue weighted by molar-refractivity contribution is 0.0690. The molecule has 1 aromatic heterocycles. The summed E-state index contributed by atoms with van der Waals surface area (Å²) >= 11 is 0. The number of carbonyl (C=O) groups excluding carboxylic acids is 1. The fraction of sp³-hybridized carbons (Fsp3) is 0.233. The number of hydrogen-bond acceptors (Lipinski definition) is 3. The fourth-order valence-corrected chi connectivity index (χ4v) is 4.77. The highest BCUT2D eigenvalue weighted by Crippen LogP contribution is 2.34. The Morgan fingerprint density at radius 1 is 0.943 bits per heavy atom. The van der Waals surface area contributed by atoms with Gasteiger partial charge in [-0.15, -0.1) is 0 Å². The summed E-state index contributed by atoms with van der Waals surface area (Å²) < 4.78 is 15.0. The first-order valence-corrected chi connectivity index (χ1v) is 12.0. The summed E-state index contributed by atoms with van der Waals surface area (Å²) in [5, 5.41) is 0. The number of halogens is 1. The van der Waals surface area contributed by atoms with Gasteiger partial charge >= 0.3 is 0 Å². The molecular formula is C30H28FN3O. The standard InChI is InChI=1S/C30H28FN3O/c1-20(2)34(19-21-10-4-3-5-11-21)30(35)26-18-32-29(24-16-22-12-6-7-13-23(22)17-24)33-28(26)25-14-8-9-15-27(25)31/h3-15,18,20,24H,16-17,19H2,1-2H3. The van der Waals surface area contributed by atoms with Gasteiger partial charge < -0.3 is 4.90 Å². The van der Waals surface area contributed by atoms with E-state index >= 15 is 0 Å². The number of carbonyl (C=O) groups is 1. The van der Waals surface area contributed by atoms with Gasteiger partial charge in [-0.2, -0.15) is 0 Å². The average molecular weight is 466 g/mol. The third kappa shape index (κ3) is 4.72. The molecule has 5 heteroatoms. The van der Waals surface area contributed by atoms with Gasteiger partial charge in [-0.05, 0) is 55.5 Å². The minimum Gasteiger partial charge on any atom is -0.332 e. The molecule has 0 spiro atoms. The van der Waals surface area contributed by atoms with E-state index in [-0.39, 0.29) is 17.9 Å². The molecule has 1 heterocycles. The van der Waals surface area contributed by atoms with Crippen molar-refractivity contribution < 1.29 is 9.18 Å². The van der Waals surface area contributed by atoms with Crippen LogP contribution in [0.4, 0.5) is 4.39 Å². The van der Waals surface area contributed by atoms with Crippen LogP contribution >= 0.6 is 0 Å². The van der Waals surface area contributed by atoms with E-state index < -0.39 is 5.82 Å². The molecule has 0 saturated heterocycles. The number of fused-ring (bicyclic) bond motifs is 1. The SMILES string of the molecule is CC(C)N(Cc1ccccc1)C(=O)c1cnc(C2Cc3ccccc3C2)nc1-c1ccccc1F. The molecule has 4 nitrogen and oxygen atoms in total. The molecule has 1 amide bonds. The molecule has 176 valence electrons. The summed E-state index contributed by atoms with van der Waals surface area (Å²) in [7, 11) is 0. The molecule has 3 aromatic carbocycles. The van der Waals surface area contributed by atoms with Crippen LogP contribution in [0.2, 0.25) is 0 Å². The normalized spacial score (nSPS) is 13.1. The van der Waals surface area contributed by atoms with Gasteiger partial charge in [0.25, 0.3) is 5.91 Å². The summed E-state index contributed by atoms with van der Waals surface area (Å²) in [6, 6.07) is 24.7. The van der Waals surface area contributed by atoms with Crippen LogP contribution in [0.15, 0.2) is 85.1 Å². The molecular weight excluding hydrogens is 437 g/mol. The van der Waals surface area contributed by atoms with E-state index in [1.807, 2.05) is 56.3 Å². The van der Waals surface area contributed by atoms with E-state index in [1.54, 1.807) is 29.3 Å². The minimum absolute atomic E-state index is 0.0554. The van der Waals surface area contributed by atoms with E-state index in [2.05, 4.69) is 17.1 Å². The first-order chi connectivity index (χ1) is 17.0. The third-order valence-corrected chi connectivity index (χ3v) is 6.66. The Kier molecular flexibility index (Phi) is 6.41. The summed E-state index contributed by atoms with van der Waals surface area (Å²) in [4.78, 5) is 25.1. The zero-order valence-electron chi connectivity index (χ0n) is 20.0. The van der Waals surface area contributed by atoms with Crippen molar-refractivity contribution in [2.75, 3.05) is 0 Å². The van der Waals surface area contributed by atoms with Gasteiger partial charge in [-0.25, -0.2) is 14.4 Å². The van der Waals surface area contributed by atoms with Gasteiger partial charge in [-0.1, -0.05) is 66.7 Å². The molecule has 0 atom stereocenters. The van der Waals surface area contributed by atoms with Crippen molar-refractivity contribution in [2.24, 2.45) is 0 Å². The highest BCUT2D eigenvalue weighted by atomic mass is 19.1. The van der Waals surface area contributed by atoms with E-state index in [0.29, 0.717) is 29.2 Å². The number of rotatable bonds is 6. The predicted octanol–water partition coefficient (Wildman–Crippen LogP) is 6.22. The largest absolute Gasteiger partial charge is 0.332 e. The molecule has 0 N–H and O–H groups in total. The quantitative estimate of drug-likeness (QED) is 0.340. The maximum atomic E-state index is 15.0. The second kappa shape index (κ2) is 9.79. The minimum atomic E-state index is -0.403. The van der Waals surface area contributed by atoms with E-state index in [9.17, 15) is 9.18 Å². The van der Waals surface area contributed by atoms with E-state index in [1.165, 1.54) is 17.2 Å². The summed E-state index contributed by atoms with van der Waals surface area (Å²) in [5.41, 5.74) is 4.61. The molecule has 0 radical (unpaired) electrons. The first-order valence-electron chi connectivity index (χ1n) is 12.0. The maximum Gasteiger partial charge on any atom is 0.258 e. The molecule has 1 aliphatic carbocycles. The highest BCUT2D eigenvalue weighted by Gasteiger charge is 2.29. The van der Waals surface area contributed by atoms with Crippen molar-refractivity contribution in [1.29, 1.82) is 0 Å². The van der Waals surface area contributed by atoms with E-state index in [4.69, 9.17) is 4.98 Å². The smallest absolute Gasteiger partial charge is 0.258 e. The van der Waals surface area contributed by atoms with Gasteiger partial charge in [0.1, 0.15) is 11.6 Å². The Hall–Kier alpha value is -3.86. The number of hydrogen-bond donors (Lipinski definition) is 0. The van der Waals surface area contributed by atoms with Crippen LogP contribution < -0.4 is 0 Å². The number of amides is 1. The zero-order valence-corrected chi connectivity index (χ0v) is 20.0. The lowest BCUT2D eigenvalue weighted by Gasteiger charge is -2.28. The molecule has 0 bridgehead atoms. The van der Waals surface area contributed by atoms with Crippen molar-refractivity contribution in [3.05, 3.63) is 119 Å². The van der Waals surface area contributed by atoms with Crippen molar-refractivity contribution in [1.82, 2.24) is 14.9 Å². The Labute approximate surface area is 205 Å². The monoisotopic (exact) mass is 465 g/mol. The summed E-state index contributed by atoms with van der Waals surface area (Å²) in [5.74, 6) is 0.145. The van der Waals surface area contributed by atoms with Gasteiger partial charge in [-0.3, -0.25) is 4.79 Å². The Bertz CT molecular complexity index is 1330. The van der Waals surface area contributed by atoms with Gasteiger partial charge in [0, 0.05) is 30.3 Å². The van der Waals surface area contributed by atoms with Crippen molar-refractivity contribution in [3.8, 4) is 11.3 Å². The van der Waals surface area contributed by atoms with Crippen LogP contribution in [0.3, 0.4) is 0 Å². The maximum absolute atomic E-state index is 15.0. The van der Waals surface area contributed by atoms with Gasteiger partial charge in [0.15, 0.2) is 0 Å². The molecule has 35 heavy (non-hydrogen) atoms. The number of aromatic nitrogens is 2. The van der Waals surface area contributed by atoms with Crippen LogP contribution in [-0.4, -0.2) is 26.8 Å². The molecule has 5 rings (SSSR count). The number of nitrogens with zero attached hydrogens (tertiary/aromatic N) is 3. The van der Waals surface area contributed by atoms with Crippen LogP contribution in [0.1, 0.15) is 52.6 Å². The zero-order chi connectivity index (χ0) is 24.4. The van der Waals surface area contributed by atoms with Crippen LogP contribution in [0, 0.1) is 5.82 Å². The Balaban J connectivity index is 1.55. The fourth-order valence-electron chi connectivity index (χ4n) is 4.77. The van der Waals surface area contributed by atoms with Gasteiger partial charge in [0.2, 0.25) is 0 Å². The second-order valence-corrected chi connectivity index (χ2v) is 9.36. The molecule has 0 saturated carbocycles. The van der Waals surface area contributed by atoms with Crippen molar-refractivity contribution in [3.63, 3.8) is 0 Å². The van der Waals surface area contributed by atoms with Crippen LogP contribution in [0.25, 0.3) is 11.3 Å². The molecule has 0 aliphatic heterocycles. The molecule has 1 aliphatic rings. The highest BCUT2D eigenvalue weighted by molar-refractivity contribution is 5.99. The molecule has 0 unspecified atom stereocenters. The van der Waals surface area contributed by atoms with Gasteiger partial charge in [0.05, 0.1) is 11.3 Å². The topological polar surface area (TPSA) is 46.1 Å². The lowest BCUT2D eigenvalue weighted by atomic mass is 10.0.